The number of H-pyrrole nitrogens is 1. The molecule has 32 heavy (non-hydrogen) atoms. The van der Waals surface area contributed by atoms with Crippen LogP contribution >= 0.6 is 11.3 Å². The lowest BCUT2D eigenvalue weighted by Crippen LogP contribution is -2.21. The quantitative estimate of drug-likeness (QED) is 0.428. The second-order valence-corrected chi connectivity index (χ2v) is 8.59. The highest BCUT2D eigenvalue weighted by Gasteiger charge is 2.22. The first-order chi connectivity index (χ1) is 15.5. The molecular weight excluding hydrogens is 430 g/mol. The van der Waals surface area contributed by atoms with Gasteiger partial charge < -0.3 is 24.5 Å². The molecule has 2 N–H and O–H groups in total. The van der Waals surface area contributed by atoms with E-state index in [9.17, 15) is 14.9 Å². The SMILES string of the molecule is COc1cc(OC)c2[nH]c(C(=O)OCC(=O)Nc3sc4c(c3C#N)CCCCC4)cc2c1. The molecule has 1 aromatic carbocycles. The van der Waals surface area contributed by atoms with Gasteiger partial charge in [-0.25, -0.2) is 4.79 Å². The fraction of sp³-hybridized carbons (Fsp3) is 0.348. The molecule has 0 saturated heterocycles. The van der Waals surface area contributed by atoms with E-state index in [0.717, 1.165) is 47.9 Å². The van der Waals surface area contributed by atoms with E-state index in [-0.39, 0.29) is 5.69 Å². The summed E-state index contributed by atoms with van der Waals surface area (Å²) in [6.45, 7) is -0.456. The Morgan fingerprint density at radius 2 is 1.97 bits per heavy atom. The molecule has 1 aliphatic carbocycles. The third kappa shape index (κ3) is 4.27. The number of hydrogen-bond acceptors (Lipinski definition) is 7. The molecule has 0 bridgehead atoms. The number of methoxy groups -OCH3 is 2. The lowest BCUT2D eigenvalue weighted by Gasteiger charge is -2.05. The van der Waals surface area contributed by atoms with Gasteiger partial charge in [-0.2, -0.15) is 5.26 Å². The topological polar surface area (TPSA) is 113 Å². The van der Waals surface area contributed by atoms with Crippen LogP contribution < -0.4 is 14.8 Å². The summed E-state index contributed by atoms with van der Waals surface area (Å²) in [5, 5.41) is 13.6. The van der Waals surface area contributed by atoms with E-state index in [1.807, 2.05) is 0 Å². The Morgan fingerprint density at radius 3 is 2.72 bits per heavy atom. The molecule has 8 nitrogen and oxygen atoms in total. The zero-order valence-electron chi connectivity index (χ0n) is 17.9. The fourth-order valence-electron chi connectivity index (χ4n) is 3.89. The highest BCUT2D eigenvalue weighted by molar-refractivity contribution is 7.16. The molecule has 0 unspecified atom stereocenters. The van der Waals surface area contributed by atoms with Crippen LogP contribution in [0, 0.1) is 11.3 Å². The number of anilines is 1. The molecule has 0 spiro atoms. The lowest BCUT2D eigenvalue weighted by atomic mass is 10.1. The van der Waals surface area contributed by atoms with Gasteiger partial charge in [0, 0.05) is 16.3 Å². The number of carbonyl (C=O) groups is 2. The number of hydrogen-bond donors (Lipinski definition) is 2. The molecule has 0 atom stereocenters. The number of benzene rings is 1. The van der Waals surface area contributed by atoms with Gasteiger partial charge in [-0.3, -0.25) is 4.79 Å². The Hall–Kier alpha value is -3.51. The minimum Gasteiger partial charge on any atom is -0.497 e. The standard InChI is InChI=1S/C23H23N3O5S/c1-29-14-8-13-9-17(25-21(13)18(10-14)30-2)23(28)31-12-20(27)26-22-16(11-24)15-6-4-3-5-7-19(15)32-22/h8-10,25H,3-7,12H2,1-2H3,(H,26,27). The third-order valence-electron chi connectivity index (χ3n) is 5.46. The minimum absolute atomic E-state index is 0.194. The van der Waals surface area contributed by atoms with Gasteiger partial charge in [0.15, 0.2) is 6.61 Å². The molecule has 4 rings (SSSR count). The number of carbonyl (C=O) groups excluding carboxylic acids is 2. The zero-order chi connectivity index (χ0) is 22.7. The zero-order valence-corrected chi connectivity index (χ0v) is 18.7. The normalized spacial score (nSPS) is 13.0. The van der Waals surface area contributed by atoms with E-state index >= 15 is 0 Å². The predicted octanol–water partition coefficient (Wildman–Crippen LogP) is 4.18. The van der Waals surface area contributed by atoms with Crippen molar-refractivity contribution in [2.24, 2.45) is 0 Å². The highest BCUT2D eigenvalue weighted by atomic mass is 32.1. The summed E-state index contributed by atoms with van der Waals surface area (Å²) in [7, 11) is 3.07. The van der Waals surface area contributed by atoms with Gasteiger partial charge in [-0.1, -0.05) is 6.42 Å². The average Bonchev–Trinajstić information content (AvgIpc) is 3.29. The van der Waals surface area contributed by atoms with Crippen LogP contribution in [0.2, 0.25) is 0 Å². The van der Waals surface area contributed by atoms with Crippen molar-refractivity contribution >= 4 is 39.1 Å². The van der Waals surface area contributed by atoms with E-state index in [4.69, 9.17) is 14.2 Å². The second-order valence-electron chi connectivity index (χ2n) is 7.48. The Kier molecular flexibility index (Phi) is 6.32. The van der Waals surface area contributed by atoms with Gasteiger partial charge >= 0.3 is 5.97 Å². The van der Waals surface area contributed by atoms with Crippen LogP contribution in [-0.2, 0) is 22.4 Å². The number of aromatic nitrogens is 1. The number of nitriles is 1. The number of ether oxygens (including phenoxy) is 3. The molecule has 3 aromatic rings. The lowest BCUT2D eigenvalue weighted by molar-refractivity contribution is -0.119. The number of thiophene rings is 1. The van der Waals surface area contributed by atoms with Crippen molar-refractivity contribution in [1.82, 2.24) is 4.98 Å². The fourth-order valence-corrected chi connectivity index (χ4v) is 5.15. The maximum absolute atomic E-state index is 12.5. The van der Waals surface area contributed by atoms with Crippen LogP contribution in [0.1, 0.15) is 45.8 Å². The van der Waals surface area contributed by atoms with Gasteiger partial charge in [-0.05, 0) is 43.4 Å². The Labute approximate surface area is 189 Å². The van der Waals surface area contributed by atoms with Crippen LogP contribution in [-0.4, -0.2) is 37.7 Å². The van der Waals surface area contributed by atoms with Crippen LogP contribution in [0.3, 0.4) is 0 Å². The monoisotopic (exact) mass is 453 g/mol. The van der Waals surface area contributed by atoms with Crippen molar-refractivity contribution in [3.8, 4) is 17.6 Å². The van der Waals surface area contributed by atoms with Gasteiger partial charge in [0.25, 0.3) is 5.91 Å². The molecule has 0 radical (unpaired) electrons. The molecule has 9 heteroatoms. The molecule has 166 valence electrons. The number of aromatic amines is 1. The summed E-state index contributed by atoms with van der Waals surface area (Å²) in [4.78, 5) is 29.0. The number of rotatable bonds is 6. The Balaban J connectivity index is 1.44. The number of nitrogens with one attached hydrogen (secondary N) is 2. The smallest absolute Gasteiger partial charge is 0.355 e. The van der Waals surface area contributed by atoms with Crippen molar-refractivity contribution in [3.63, 3.8) is 0 Å². The van der Waals surface area contributed by atoms with Gasteiger partial charge in [0.05, 0.1) is 25.3 Å². The summed E-state index contributed by atoms with van der Waals surface area (Å²) in [6.07, 6.45) is 5.06. The number of nitrogens with zero attached hydrogens (tertiary/aromatic N) is 1. The first kappa shape index (κ1) is 21.7. The minimum atomic E-state index is -0.667. The second kappa shape index (κ2) is 9.32. The maximum Gasteiger partial charge on any atom is 0.355 e. The van der Waals surface area contributed by atoms with Crippen molar-refractivity contribution in [1.29, 1.82) is 5.26 Å². The molecule has 0 aliphatic heterocycles. The summed E-state index contributed by atoms with van der Waals surface area (Å²) >= 11 is 1.44. The Morgan fingerprint density at radius 1 is 1.16 bits per heavy atom. The first-order valence-electron chi connectivity index (χ1n) is 10.3. The number of fused-ring (bicyclic) bond motifs is 2. The first-order valence-corrected chi connectivity index (χ1v) is 11.1. The van der Waals surface area contributed by atoms with Crippen LogP contribution in [0.15, 0.2) is 18.2 Å². The third-order valence-corrected chi connectivity index (χ3v) is 6.67. The maximum atomic E-state index is 12.5. The van der Waals surface area contributed by atoms with Crippen LogP contribution in [0.25, 0.3) is 10.9 Å². The van der Waals surface area contributed by atoms with Gasteiger partial charge in [0.2, 0.25) is 0 Å². The number of esters is 1. The molecule has 1 amide bonds. The van der Waals surface area contributed by atoms with Crippen molar-refractivity contribution in [2.45, 2.75) is 32.1 Å². The summed E-state index contributed by atoms with van der Waals surface area (Å²) in [5.41, 5.74) is 2.40. The van der Waals surface area contributed by atoms with Gasteiger partial charge in [0.1, 0.15) is 28.3 Å². The average molecular weight is 454 g/mol. The Bertz CT molecular complexity index is 1220. The molecular formula is C23H23N3O5S. The van der Waals surface area contributed by atoms with Crippen LogP contribution in [0.5, 0.6) is 11.5 Å². The van der Waals surface area contributed by atoms with E-state index in [0.29, 0.717) is 27.6 Å². The number of aryl methyl sites for hydroxylation is 1. The summed E-state index contributed by atoms with van der Waals surface area (Å²) in [6, 6.07) is 7.31. The van der Waals surface area contributed by atoms with Crippen molar-refractivity contribution < 1.29 is 23.8 Å². The molecule has 0 saturated carbocycles. The summed E-state index contributed by atoms with van der Waals surface area (Å²) < 4.78 is 15.8. The number of amides is 1. The molecule has 0 fully saturated rings. The van der Waals surface area contributed by atoms with Crippen molar-refractivity contribution in [3.05, 3.63) is 39.9 Å². The predicted molar refractivity (Wildman–Crippen MR) is 121 cm³/mol. The van der Waals surface area contributed by atoms with Crippen molar-refractivity contribution in [2.75, 3.05) is 26.1 Å². The van der Waals surface area contributed by atoms with E-state index in [2.05, 4.69) is 16.4 Å². The molecule has 2 heterocycles. The van der Waals surface area contributed by atoms with E-state index < -0.39 is 18.5 Å². The largest absolute Gasteiger partial charge is 0.497 e. The molecule has 2 aromatic heterocycles. The summed E-state index contributed by atoms with van der Waals surface area (Å²) in [5.74, 6) is -0.0330. The van der Waals surface area contributed by atoms with E-state index in [1.165, 1.54) is 18.4 Å². The van der Waals surface area contributed by atoms with Crippen LogP contribution in [0.4, 0.5) is 5.00 Å². The highest BCUT2D eigenvalue weighted by Crippen LogP contribution is 2.37. The molecule has 1 aliphatic rings. The van der Waals surface area contributed by atoms with Gasteiger partial charge in [-0.15, -0.1) is 11.3 Å². The van der Waals surface area contributed by atoms with E-state index in [1.54, 1.807) is 25.3 Å².